The number of nitrogens with zero attached hydrogens (tertiary/aromatic N) is 8. The lowest BCUT2D eigenvalue weighted by Gasteiger charge is -2.09. The molecule has 5 amide bonds. The molecule has 0 bridgehead atoms. The number of anilines is 5. The topological polar surface area (TPSA) is 253 Å². The number of hydrogen-bond acceptors (Lipinski definition) is 12. The third kappa shape index (κ3) is 18.8. The van der Waals surface area contributed by atoms with Crippen LogP contribution < -0.4 is 31.3 Å². The van der Waals surface area contributed by atoms with Crippen molar-refractivity contribution in [3.63, 3.8) is 0 Å². The molecule has 0 saturated heterocycles. The molecule has 0 aliphatic heterocycles. The van der Waals surface area contributed by atoms with Crippen LogP contribution in [0.5, 0.6) is 11.5 Å². The lowest BCUT2D eigenvalue weighted by atomic mass is 10.1. The first-order valence-electron chi connectivity index (χ1n) is 33.2. The van der Waals surface area contributed by atoms with Crippen molar-refractivity contribution in [1.29, 1.82) is 0 Å². The van der Waals surface area contributed by atoms with Gasteiger partial charge in [0.25, 0.3) is 23.6 Å². The van der Waals surface area contributed by atoms with Crippen LogP contribution in [0.15, 0.2) is 238 Å². The first-order chi connectivity index (χ1) is 49.5. The van der Waals surface area contributed by atoms with E-state index in [0.29, 0.717) is 80.5 Å². The zero-order chi connectivity index (χ0) is 73.4. The second kappa shape index (κ2) is 33.1. The maximum absolute atomic E-state index is 12.8. The number of rotatable bonds is 19. The largest absolute Gasteiger partial charge is 0.513 e. The van der Waals surface area contributed by atoms with E-state index in [4.69, 9.17) is 9.47 Å². The van der Waals surface area contributed by atoms with Gasteiger partial charge in [0, 0.05) is 118 Å². The smallest absolute Gasteiger partial charge is 0.259 e. The summed E-state index contributed by atoms with van der Waals surface area (Å²) in [7, 11) is 1.62. The number of aryl methyl sites for hydroxylation is 10. The third-order valence-electron chi connectivity index (χ3n) is 16.4. The minimum Gasteiger partial charge on any atom is -0.513 e. The van der Waals surface area contributed by atoms with Crippen molar-refractivity contribution < 1.29 is 38.6 Å². The average Bonchev–Trinajstić information content (AvgIpc) is 1.69. The molecule has 103 heavy (non-hydrogen) atoms. The Morgan fingerprint density at radius 2 is 0.738 bits per heavy atom. The molecule has 8 heterocycles. The standard InChI is InChI=1S/C22H19N3O2.C21H23N3O2.C20H21N3O2.C19H18N4O2/c1-15-13-16(2)25-12-11-20(21(25)23-15)22(26)24-17-7-6-10-19(14-17)27-18-8-4-3-5-9-18;1-14-12-15(2)24-11-10-19(20(24)22-14)21(25)23-18-7-5-6-17(13-18)9-8-16(3)26-4;1-13-11-14(2)23-10-9-18(19(23)21-13)20(25)22-17-6-4-5-16(12-17)8-7-15(3)24;1-4-17(24)21-14-6-5-7-15(11-14)22-19(25)16-8-9-23-13(3)10-12(2)20-18(16)23/h3-14H,1-2H3,(H,24,26);5-7,10-13H,3,8-9H2,1-2,4H3,(H,23,25);4-6,9-12,24H,3,7-8H2,1-2H3,(H,22,25);4-11H,1H2,2-3H3,(H,21,24)(H,22,25). The number of fused-ring (bicyclic) bond motifs is 4. The molecule has 21 heteroatoms. The summed E-state index contributed by atoms with van der Waals surface area (Å²) < 4.78 is 18.6. The number of aliphatic hydroxyl groups excluding tert-OH is 1. The maximum Gasteiger partial charge on any atom is 0.259 e. The van der Waals surface area contributed by atoms with E-state index >= 15 is 0 Å². The second-order valence-electron chi connectivity index (χ2n) is 24.6. The van der Waals surface area contributed by atoms with Crippen LogP contribution in [0, 0.1) is 55.4 Å². The van der Waals surface area contributed by atoms with Gasteiger partial charge in [-0.1, -0.05) is 74.3 Å². The molecule has 0 fully saturated rings. The second-order valence-corrected chi connectivity index (χ2v) is 24.6. The third-order valence-corrected chi connectivity index (χ3v) is 16.4. The zero-order valence-electron chi connectivity index (χ0n) is 59.0. The fourth-order valence-corrected chi connectivity index (χ4v) is 11.5. The Labute approximate surface area is 597 Å². The highest BCUT2D eigenvalue weighted by Gasteiger charge is 2.20. The maximum atomic E-state index is 12.8. The van der Waals surface area contributed by atoms with Crippen molar-refractivity contribution in [2.45, 2.75) is 81.1 Å². The van der Waals surface area contributed by atoms with Crippen LogP contribution in [0.4, 0.5) is 28.4 Å². The number of methoxy groups -OCH3 is 1. The highest BCUT2D eigenvalue weighted by Crippen LogP contribution is 2.27. The van der Waals surface area contributed by atoms with E-state index in [1.165, 1.54) is 6.08 Å². The average molecular weight is 1380 g/mol. The van der Waals surface area contributed by atoms with Crippen LogP contribution in [0.1, 0.15) is 111 Å². The van der Waals surface area contributed by atoms with Gasteiger partial charge in [-0.25, -0.2) is 19.9 Å². The fourth-order valence-electron chi connectivity index (χ4n) is 11.5. The highest BCUT2D eigenvalue weighted by molar-refractivity contribution is 6.11. The molecule has 13 rings (SSSR count). The van der Waals surface area contributed by atoms with Crippen molar-refractivity contribution >= 4 is 80.6 Å². The predicted octanol–water partition coefficient (Wildman–Crippen LogP) is 16.8. The normalized spacial score (nSPS) is 10.7. The Balaban J connectivity index is 0.000000148. The van der Waals surface area contributed by atoms with E-state index in [9.17, 15) is 29.1 Å². The quantitative estimate of drug-likeness (QED) is 0.0327. The van der Waals surface area contributed by atoms with E-state index in [1.54, 1.807) is 61.7 Å². The number of benzene rings is 5. The minimum atomic E-state index is -0.308. The monoisotopic (exact) mass is 1380 g/mol. The Kier molecular flexibility index (Phi) is 23.3. The number of aromatic nitrogens is 8. The summed E-state index contributed by atoms with van der Waals surface area (Å²) in [6.45, 7) is 26.4. The van der Waals surface area contributed by atoms with Gasteiger partial charge in [0.2, 0.25) is 5.91 Å². The van der Waals surface area contributed by atoms with Crippen molar-refractivity contribution in [1.82, 2.24) is 37.5 Å². The molecular formula is C82H81N13O8. The van der Waals surface area contributed by atoms with Gasteiger partial charge in [0.05, 0.1) is 40.9 Å². The molecule has 0 unspecified atom stereocenters. The Morgan fingerprint density at radius 1 is 0.408 bits per heavy atom. The summed E-state index contributed by atoms with van der Waals surface area (Å²) in [5, 5.41) is 23.5. The van der Waals surface area contributed by atoms with Crippen molar-refractivity contribution in [2.24, 2.45) is 0 Å². The van der Waals surface area contributed by atoms with Crippen LogP contribution >= 0.6 is 0 Å². The molecule has 5 aromatic carbocycles. The molecule has 0 saturated carbocycles. The van der Waals surface area contributed by atoms with E-state index in [2.05, 4.69) is 66.3 Å². The van der Waals surface area contributed by atoms with E-state index in [-0.39, 0.29) is 35.3 Å². The van der Waals surface area contributed by atoms with E-state index < -0.39 is 0 Å². The van der Waals surface area contributed by atoms with Gasteiger partial charge in [-0.2, -0.15) is 0 Å². The summed E-state index contributed by atoms with van der Waals surface area (Å²) in [4.78, 5) is 80.2. The summed E-state index contributed by atoms with van der Waals surface area (Å²) in [6, 6.07) is 54.2. The number of nitrogens with one attached hydrogen (secondary N) is 5. The summed E-state index contributed by atoms with van der Waals surface area (Å²) in [6.07, 6.45) is 11.3. The molecular weight excluding hydrogens is 1290 g/mol. The summed E-state index contributed by atoms with van der Waals surface area (Å²) in [5.74, 6) is 1.19. The number of amides is 5. The number of hydrogen-bond donors (Lipinski definition) is 6. The van der Waals surface area contributed by atoms with Gasteiger partial charge in [0.1, 0.15) is 34.1 Å². The minimum absolute atomic E-state index is 0.159. The van der Waals surface area contributed by atoms with Gasteiger partial charge in [-0.15, -0.1) is 0 Å². The van der Waals surface area contributed by atoms with Gasteiger partial charge >= 0.3 is 0 Å². The zero-order valence-corrected chi connectivity index (χ0v) is 59.0. The van der Waals surface area contributed by atoms with Crippen molar-refractivity contribution in [2.75, 3.05) is 33.7 Å². The van der Waals surface area contributed by atoms with Gasteiger partial charge < -0.3 is 58.8 Å². The van der Waals surface area contributed by atoms with Crippen LogP contribution in [-0.2, 0) is 22.4 Å². The number of ether oxygens (including phenoxy) is 2. The SMILES string of the molecule is C=C(CCc1cccc(NC(=O)c2ccn3c(C)cc(C)nc23)c1)OC.C=C(O)CCc1cccc(NC(=O)c2ccn3c(C)cc(C)nc23)c1.C=CC(=O)Nc1cccc(NC(=O)c2ccn3c(C)cc(C)nc23)c1.Cc1cc(C)n2ccc(C(=O)Nc3cccc(Oc4ccccc4)c3)c2n1. The fraction of sp³-hybridized carbons (Fsp3) is 0.159. The van der Waals surface area contributed by atoms with Crippen LogP contribution in [0.25, 0.3) is 22.6 Å². The molecule has 0 atom stereocenters. The molecule has 21 nitrogen and oxygen atoms in total. The van der Waals surface area contributed by atoms with E-state index in [0.717, 1.165) is 92.4 Å². The van der Waals surface area contributed by atoms with Gasteiger partial charge in [-0.05, 0) is 201 Å². The number of carbonyl (C=O) groups is 5. The molecule has 6 N–H and O–H groups in total. The highest BCUT2D eigenvalue weighted by atomic mass is 16.5. The number of aliphatic hydroxyl groups is 1. The summed E-state index contributed by atoms with van der Waals surface area (Å²) >= 11 is 0. The lowest BCUT2D eigenvalue weighted by Crippen LogP contribution is -2.13. The number of carbonyl (C=O) groups excluding carboxylic acids is 5. The molecule has 522 valence electrons. The van der Waals surface area contributed by atoms with Crippen LogP contribution in [0.2, 0.25) is 0 Å². The molecule has 0 aliphatic carbocycles. The number of allylic oxidation sites excluding steroid dienone is 2. The first-order valence-corrected chi connectivity index (χ1v) is 33.2. The Morgan fingerprint density at radius 3 is 1.11 bits per heavy atom. The predicted molar refractivity (Wildman–Crippen MR) is 406 cm³/mol. The molecule has 0 spiro atoms. The molecule has 0 aliphatic rings. The molecule has 0 radical (unpaired) electrons. The van der Waals surface area contributed by atoms with Gasteiger partial charge in [-0.3, -0.25) is 24.0 Å². The van der Waals surface area contributed by atoms with Gasteiger partial charge in [0.15, 0.2) is 0 Å². The summed E-state index contributed by atoms with van der Waals surface area (Å²) in [5.41, 5.74) is 17.8. The lowest BCUT2D eigenvalue weighted by molar-refractivity contribution is -0.111. The van der Waals surface area contributed by atoms with Crippen LogP contribution in [0.3, 0.4) is 0 Å². The van der Waals surface area contributed by atoms with E-state index in [1.807, 2.05) is 219 Å². The first kappa shape index (κ1) is 72.6. The molecule has 8 aromatic heterocycles. The van der Waals surface area contributed by atoms with Crippen LogP contribution in [-0.4, -0.2) is 79.3 Å². The number of para-hydroxylation sites is 1. The Bertz CT molecular complexity index is 5350. The van der Waals surface area contributed by atoms with Crippen molar-refractivity contribution in [3.05, 3.63) is 317 Å². The van der Waals surface area contributed by atoms with Crippen molar-refractivity contribution in [3.8, 4) is 11.5 Å². The molecule has 13 aromatic rings. The Hall–Kier alpha value is -13.2.